The monoisotopic (exact) mass is 290 g/mol. The van der Waals surface area contributed by atoms with Gasteiger partial charge in [-0.15, -0.1) is 0 Å². The molecule has 0 aromatic heterocycles. The van der Waals surface area contributed by atoms with E-state index in [9.17, 15) is 9.59 Å². The Morgan fingerprint density at radius 3 is 2.43 bits per heavy atom. The van der Waals surface area contributed by atoms with Gasteiger partial charge >= 0.3 is 0 Å². The van der Waals surface area contributed by atoms with Gasteiger partial charge in [-0.3, -0.25) is 9.59 Å². The minimum Gasteiger partial charge on any atom is -0.356 e. The molecule has 0 aliphatic carbocycles. The summed E-state index contributed by atoms with van der Waals surface area (Å²) >= 11 is 0. The Morgan fingerprint density at radius 1 is 1.24 bits per heavy atom. The molecule has 0 saturated heterocycles. The Labute approximate surface area is 127 Å². The predicted molar refractivity (Wildman–Crippen MR) is 86.4 cm³/mol. The Morgan fingerprint density at radius 2 is 1.90 bits per heavy atom. The maximum absolute atomic E-state index is 11.9. The number of nitrogens with zero attached hydrogens (tertiary/aromatic N) is 1. The lowest BCUT2D eigenvalue weighted by molar-refractivity contribution is -0.121. The average Bonchev–Trinajstić information content (AvgIpc) is 2.38. The first-order valence-electron chi connectivity index (χ1n) is 7.43. The number of amides is 2. The molecule has 0 fully saturated rings. The third-order valence-corrected chi connectivity index (χ3v) is 3.29. The normalized spacial score (nSPS) is 10.6. The molecular weight excluding hydrogens is 264 g/mol. The summed E-state index contributed by atoms with van der Waals surface area (Å²) in [4.78, 5) is 25.3. The molecule has 1 aromatic carbocycles. The van der Waals surface area contributed by atoms with Crippen LogP contribution in [0.3, 0.4) is 0 Å². The molecular formula is C17H26N2O2. The molecule has 0 saturated carbocycles. The van der Waals surface area contributed by atoms with Crippen LogP contribution in [0.5, 0.6) is 0 Å². The first-order chi connectivity index (χ1) is 9.81. The summed E-state index contributed by atoms with van der Waals surface area (Å²) in [5.74, 6) is 0.371. The number of nitrogens with one attached hydrogen (secondary N) is 1. The number of benzene rings is 1. The van der Waals surface area contributed by atoms with Crippen LogP contribution in [-0.4, -0.2) is 24.9 Å². The van der Waals surface area contributed by atoms with Crippen molar-refractivity contribution < 1.29 is 9.59 Å². The fourth-order valence-electron chi connectivity index (χ4n) is 2.18. The minimum absolute atomic E-state index is 0.0142. The van der Waals surface area contributed by atoms with Crippen LogP contribution >= 0.6 is 0 Å². The summed E-state index contributed by atoms with van der Waals surface area (Å²) < 4.78 is 0. The van der Waals surface area contributed by atoms with Gasteiger partial charge in [0, 0.05) is 32.1 Å². The van der Waals surface area contributed by atoms with Crippen LogP contribution in [0.2, 0.25) is 0 Å². The van der Waals surface area contributed by atoms with Gasteiger partial charge in [0.25, 0.3) is 0 Å². The zero-order valence-electron chi connectivity index (χ0n) is 13.7. The van der Waals surface area contributed by atoms with E-state index < -0.39 is 0 Å². The first-order valence-corrected chi connectivity index (χ1v) is 7.43. The molecule has 1 N–H and O–H groups in total. The summed E-state index contributed by atoms with van der Waals surface area (Å²) in [5, 5.41) is 2.87. The molecule has 1 rings (SSSR count). The molecule has 0 radical (unpaired) electrons. The second kappa shape index (κ2) is 7.81. The lowest BCUT2D eigenvalue weighted by Crippen LogP contribution is -2.35. The summed E-state index contributed by atoms with van der Waals surface area (Å²) in [6.07, 6.45) is 0.319. The zero-order valence-corrected chi connectivity index (χ0v) is 13.7. The Hall–Kier alpha value is -1.84. The molecule has 116 valence electrons. The molecule has 0 heterocycles. The second-order valence-electron chi connectivity index (χ2n) is 5.91. The van der Waals surface area contributed by atoms with Crippen LogP contribution in [0.1, 0.15) is 38.3 Å². The second-order valence-corrected chi connectivity index (χ2v) is 5.91. The summed E-state index contributed by atoms with van der Waals surface area (Å²) in [6.45, 7) is 10.7. The van der Waals surface area contributed by atoms with Crippen LogP contribution < -0.4 is 10.2 Å². The van der Waals surface area contributed by atoms with E-state index >= 15 is 0 Å². The highest BCUT2D eigenvalue weighted by Gasteiger charge is 2.15. The summed E-state index contributed by atoms with van der Waals surface area (Å²) in [6, 6.07) is 5.97. The smallest absolute Gasteiger partial charge is 0.223 e. The molecule has 0 aliphatic rings. The Bertz CT molecular complexity index is 510. The number of aryl methyl sites for hydroxylation is 2. The lowest BCUT2D eigenvalue weighted by Gasteiger charge is -2.23. The summed E-state index contributed by atoms with van der Waals surface area (Å²) in [5.41, 5.74) is 3.09. The van der Waals surface area contributed by atoms with Crippen molar-refractivity contribution in [3.63, 3.8) is 0 Å². The Kier molecular flexibility index (Phi) is 6.40. The van der Waals surface area contributed by atoms with E-state index in [1.54, 1.807) is 4.90 Å². The maximum Gasteiger partial charge on any atom is 0.223 e. The third-order valence-electron chi connectivity index (χ3n) is 3.29. The van der Waals surface area contributed by atoms with Gasteiger partial charge in [-0.25, -0.2) is 0 Å². The van der Waals surface area contributed by atoms with Crippen molar-refractivity contribution in [2.45, 2.75) is 41.0 Å². The molecule has 2 amide bonds. The molecule has 1 aromatic rings. The van der Waals surface area contributed by atoms with Crippen molar-refractivity contribution in [2.75, 3.05) is 18.0 Å². The van der Waals surface area contributed by atoms with E-state index in [0.29, 0.717) is 25.4 Å². The van der Waals surface area contributed by atoms with Gasteiger partial charge < -0.3 is 10.2 Å². The van der Waals surface area contributed by atoms with E-state index in [4.69, 9.17) is 0 Å². The van der Waals surface area contributed by atoms with Gasteiger partial charge in [-0.1, -0.05) is 31.5 Å². The number of hydrogen-bond donors (Lipinski definition) is 1. The topological polar surface area (TPSA) is 49.4 Å². The molecule has 0 spiro atoms. The molecule has 4 nitrogen and oxygen atoms in total. The number of anilines is 1. The molecule has 21 heavy (non-hydrogen) atoms. The predicted octanol–water partition coefficient (Wildman–Crippen LogP) is 2.82. The van der Waals surface area contributed by atoms with Crippen LogP contribution in [0, 0.1) is 19.8 Å². The Balaban J connectivity index is 2.71. The molecule has 0 aliphatic heterocycles. The third kappa shape index (κ3) is 5.58. The van der Waals surface area contributed by atoms with Crippen LogP contribution in [0.4, 0.5) is 5.69 Å². The highest BCUT2D eigenvalue weighted by Crippen LogP contribution is 2.21. The SMILES string of the molecule is CC(=O)N(CCC(=O)NCC(C)C)c1ccc(C)cc1C. The van der Waals surface area contributed by atoms with Crippen molar-refractivity contribution >= 4 is 17.5 Å². The van der Waals surface area contributed by atoms with Crippen molar-refractivity contribution in [3.8, 4) is 0 Å². The van der Waals surface area contributed by atoms with E-state index in [0.717, 1.165) is 16.8 Å². The van der Waals surface area contributed by atoms with Crippen LogP contribution in [-0.2, 0) is 9.59 Å². The standard InChI is InChI=1S/C17H26N2O2/c1-12(2)11-18-17(21)8-9-19(15(5)20)16-7-6-13(3)10-14(16)4/h6-7,10,12H,8-9,11H2,1-5H3,(H,18,21). The fourth-order valence-corrected chi connectivity index (χ4v) is 2.18. The zero-order chi connectivity index (χ0) is 16.0. The number of rotatable bonds is 6. The van der Waals surface area contributed by atoms with Gasteiger partial charge in [-0.05, 0) is 31.4 Å². The highest BCUT2D eigenvalue weighted by atomic mass is 16.2. The van der Waals surface area contributed by atoms with Crippen molar-refractivity contribution in [2.24, 2.45) is 5.92 Å². The van der Waals surface area contributed by atoms with Gasteiger partial charge in [0.15, 0.2) is 0 Å². The van der Waals surface area contributed by atoms with Crippen molar-refractivity contribution in [1.82, 2.24) is 5.32 Å². The van der Waals surface area contributed by atoms with Gasteiger partial charge in [0.05, 0.1) is 0 Å². The molecule has 0 unspecified atom stereocenters. The average molecular weight is 290 g/mol. The highest BCUT2D eigenvalue weighted by molar-refractivity contribution is 5.93. The molecule has 4 heteroatoms. The van der Waals surface area contributed by atoms with Crippen LogP contribution in [0.25, 0.3) is 0 Å². The molecule has 0 bridgehead atoms. The van der Waals surface area contributed by atoms with E-state index in [2.05, 4.69) is 19.2 Å². The molecule has 0 atom stereocenters. The van der Waals surface area contributed by atoms with Crippen LogP contribution in [0.15, 0.2) is 18.2 Å². The lowest BCUT2D eigenvalue weighted by atomic mass is 10.1. The quantitative estimate of drug-likeness (QED) is 0.876. The largest absolute Gasteiger partial charge is 0.356 e. The van der Waals surface area contributed by atoms with Gasteiger partial charge in [0.1, 0.15) is 0 Å². The number of hydrogen-bond acceptors (Lipinski definition) is 2. The van der Waals surface area contributed by atoms with Gasteiger partial charge in [0.2, 0.25) is 11.8 Å². The first kappa shape index (κ1) is 17.2. The fraction of sp³-hybridized carbons (Fsp3) is 0.529. The number of carbonyl (C=O) groups is 2. The van der Waals surface area contributed by atoms with Crippen molar-refractivity contribution in [3.05, 3.63) is 29.3 Å². The number of carbonyl (C=O) groups excluding carboxylic acids is 2. The van der Waals surface area contributed by atoms with E-state index in [1.807, 2.05) is 32.0 Å². The summed E-state index contributed by atoms with van der Waals surface area (Å²) in [7, 11) is 0. The maximum atomic E-state index is 11.9. The van der Waals surface area contributed by atoms with Gasteiger partial charge in [-0.2, -0.15) is 0 Å². The van der Waals surface area contributed by atoms with E-state index in [-0.39, 0.29) is 11.8 Å². The minimum atomic E-state index is -0.0430. The van der Waals surface area contributed by atoms with Crippen molar-refractivity contribution in [1.29, 1.82) is 0 Å². The van der Waals surface area contributed by atoms with E-state index in [1.165, 1.54) is 6.92 Å².